The maximum absolute atomic E-state index is 13.2. The lowest BCUT2D eigenvalue weighted by atomic mass is 9.94. The van der Waals surface area contributed by atoms with E-state index in [1.165, 1.54) is 16.5 Å². The molecule has 0 radical (unpaired) electrons. The van der Waals surface area contributed by atoms with Gasteiger partial charge < -0.3 is 14.7 Å². The summed E-state index contributed by atoms with van der Waals surface area (Å²) < 4.78 is 0. The highest BCUT2D eigenvalue weighted by atomic mass is 32.1. The van der Waals surface area contributed by atoms with E-state index in [-0.39, 0.29) is 22.4 Å². The first kappa shape index (κ1) is 22.5. The molecule has 10 heteroatoms. The van der Waals surface area contributed by atoms with Gasteiger partial charge in [-0.05, 0) is 38.3 Å². The number of rotatable bonds is 4. The van der Waals surface area contributed by atoms with Crippen LogP contribution in [0.4, 0.5) is 17.2 Å². The number of amides is 1. The number of piperidine rings is 1. The Morgan fingerprint density at radius 3 is 2.44 bits per heavy atom. The fraction of sp³-hybridized carbons (Fsp3) is 0.458. The molecule has 1 aromatic carbocycles. The van der Waals surface area contributed by atoms with Crippen LogP contribution in [0.5, 0.6) is 0 Å². The second kappa shape index (κ2) is 9.17. The Bertz CT molecular complexity index is 1230. The molecule has 0 spiro atoms. The van der Waals surface area contributed by atoms with E-state index in [9.17, 15) is 14.9 Å². The summed E-state index contributed by atoms with van der Waals surface area (Å²) in [6.45, 7) is 8.22. The molecule has 0 saturated carbocycles. The van der Waals surface area contributed by atoms with E-state index in [1.54, 1.807) is 29.8 Å². The largest absolute Gasteiger partial charge is 0.362 e. The summed E-state index contributed by atoms with van der Waals surface area (Å²) in [5.41, 5.74) is 1.98. The van der Waals surface area contributed by atoms with Gasteiger partial charge in [0, 0.05) is 56.1 Å². The van der Waals surface area contributed by atoms with Crippen LogP contribution >= 0.6 is 11.3 Å². The minimum atomic E-state index is -0.342. The average Bonchev–Trinajstić information content (AvgIpc) is 3.17. The number of hydrogen-bond acceptors (Lipinski definition) is 8. The van der Waals surface area contributed by atoms with Gasteiger partial charge in [-0.25, -0.2) is 9.97 Å². The van der Waals surface area contributed by atoms with Crippen molar-refractivity contribution in [3.05, 3.63) is 51.1 Å². The van der Waals surface area contributed by atoms with Crippen molar-refractivity contribution in [2.24, 2.45) is 5.92 Å². The monoisotopic (exact) mass is 480 g/mol. The van der Waals surface area contributed by atoms with E-state index in [4.69, 9.17) is 0 Å². The number of nitrogens with zero attached hydrogens (tertiary/aromatic N) is 6. The molecule has 2 saturated heterocycles. The quantitative estimate of drug-likeness (QED) is 0.414. The Morgan fingerprint density at radius 2 is 1.74 bits per heavy atom. The van der Waals surface area contributed by atoms with E-state index in [0.717, 1.165) is 42.0 Å². The van der Waals surface area contributed by atoms with E-state index in [0.29, 0.717) is 31.9 Å². The van der Waals surface area contributed by atoms with Crippen LogP contribution in [0.3, 0.4) is 0 Å². The van der Waals surface area contributed by atoms with Gasteiger partial charge in [0.05, 0.1) is 10.3 Å². The molecule has 0 aliphatic carbocycles. The number of carbonyl (C=O) groups excluding carboxylic acids is 1. The topological polar surface area (TPSA) is 95.7 Å². The minimum Gasteiger partial charge on any atom is -0.362 e. The second-order valence-corrected chi connectivity index (χ2v) is 10.2. The number of anilines is 2. The Balaban J connectivity index is 1.20. The van der Waals surface area contributed by atoms with Crippen molar-refractivity contribution >= 4 is 44.7 Å². The average molecular weight is 481 g/mol. The third kappa shape index (κ3) is 4.06. The normalized spacial score (nSPS) is 17.4. The first-order valence-corrected chi connectivity index (χ1v) is 12.5. The summed E-state index contributed by atoms with van der Waals surface area (Å²) >= 11 is 1.70. The maximum Gasteiger partial charge on any atom is 0.292 e. The number of hydrogen-bond donors (Lipinski definition) is 0. The van der Waals surface area contributed by atoms with Crippen LogP contribution in [0.15, 0.2) is 30.6 Å². The Hall–Kier alpha value is -3.27. The van der Waals surface area contributed by atoms with E-state index < -0.39 is 0 Å². The standard InChI is InChI=1S/C24H28N6O3S/c1-16-17(2)34-23-21(16)22(25-15-26-23)28-9-7-18(8-10-28)24(31)29-13-11-27(12-14-29)19-5-3-4-6-20(19)30(32)33/h3-6,15,18H,7-14H2,1-2H3. The van der Waals surface area contributed by atoms with Crippen molar-refractivity contribution in [2.45, 2.75) is 26.7 Å². The highest BCUT2D eigenvalue weighted by Crippen LogP contribution is 2.36. The van der Waals surface area contributed by atoms with Crippen LogP contribution in [-0.2, 0) is 4.79 Å². The molecule has 178 valence electrons. The van der Waals surface area contributed by atoms with Gasteiger partial charge >= 0.3 is 0 Å². The molecule has 2 aliphatic heterocycles. The summed E-state index contributed by atoms with van der Waals surface area (Å²) in [5, 5.41) is 12.5. The van der Waals surface area contributed by atoms with Gasteiger partial charge in [0.1, 0.15) is 22.7 Å². The van der Waals surface area contributed by atoms with Gasteiger partial charge in [0.2, 0.25) is 5.91 Å². The zero-order valence-electron chi connectivity index (χ0n) is 19.4. The number of thiophene rings is 1. The molecule has 2 fully saturated rings. The fourth-order valence-corrected chi connectivity index (χ4v) is 6.05. The maximum atomic E-state index is 13.2. The zero-order chi connectivity index (χ0) is 23.8. The number of aromatic nitrogens is 2. The molecule has 2 aliphatic rings. The number of aryl methyl sites for hydroxylation is 2. The first-order chi connectivity index (χ1) is 16.4. The first-order valence-electron chi connectivity index (χ1n) is 11.7. The third-order valence-corrected chi connectivity index (χ3v) is 8.21. The molecular weight excluding hydrogens is 452 g/mol. The third-order valence-electron chi connectivity index (χ3n) is 7.10. The predicted molar refractivity (Wildman–Crippen MR) is 134 cm³/mol. The smallest absolute Gasteiger partial charge is 0.292 e. The number of nitro benzene ring substituents is 1. The van der Waals surface area contributed by atoms with Gasteiger partial charge in [-0.15, -0.1) is 11.3 Å². The fourth-order valence-electron chi connectivity index (χ4n) is 5.05. The van der Waals surface area contributed by atoms with E-state index >= 15 is 0 Å². The molecule has 34 heavy (non-hydrogen) atoms. The van der Waals surface area contributed by atoms with Crippen molar-refractivity contribution < 1.29 is 9.72 Å². The van der Waals surface area contributed by atoms with Crippen molar-refractivity contribution in [2.75, 3.05) is 49.1 Å². The molecule has 4 heterocycles. The van der Waals surface area contributed by atoms with E-state index in [1.807, 2.05) is 15.9 Å². The lowest BCUT2D eigenvalue weighted by Crippen LogP contribution is -2.51. The Kier molecular flexibility index (Phi) is 6.07. The molecule has 0 bridgehead atoms. The van der Waals surface area contributed by atoms with Gasteiger partial charge in [-0.2, -0.15) is 0 Å². The molecule has 0 unspecified atom stereocenters. The molecule has 3 aromatic rings. The van der Waals surface area contributed by atoms with Crippen LogP contribution in [-0.4, -0.2) is 65.0 Å². The number of piperazine rings is 1. The van der Waals surface area contributed by atoms with Gasteiger partial charge in [-0.3, -0.25) is 14.9 Å². The van der Waals surface area contributed by atoms with Crippen molar-refractivity contribution in [1.29, 1.82) is 0 Å². The number of para-hydroxylation sites is 2. The number of nitro groups is 1. The SMILES string of the molecule is Cc1sc2ncnc(N3CCC(C(=O)N4CCN(c5ccccc5[N+](=O)[O-])CC4)CC3)c2c1C. The molecule has 2 aromatic heterocycles. The summed E-state index contributed by atoms with van der Waals surface area (Å²) in [5.74, 6) is 1.20. The molecule has 0 atom stereocenters. The number of benzene rings is 1. The van der Waals surface area contributed by atoms with Gasteiger partial charge in [-0.1, -0.05) is 12.1 Å². The summed E-state index contributed by atoms with van der Waals surface area (Å²) in [6, 6.07) is 6.82. The summed E-state index contributed by atoms with van der Waals surface area (Å²) in [6.07, 6.45) is 3.24. The molecule has 9 nitrogen and oxygen atoms in total. The van der Waals surface area contributed by atoms with Gasteiger partial charge in [0.25, 0.3) is 5.69 Å². The lowest BCUT2D eigenvalue weighted by Gasteiger charge is -2.39. The van der Waals surface area contributed by atoms with Crippen LogP contribution < -0.4 is 9.80 Å². The zero-order valence-corrected chi connectivity index (χ0v) is 20.3. The summed E-state index contributed by atoms with van der Waals surface area (Å²) in [4.78, 5) is 41.8. The highest BCUT2D eigenvalue weighted by molar-refractivity contribution is 7.18. The van der Waals surface area contributed by atoms with Crippen molar-refractivity contribution in [3.63, 3.8) is 0 Å². The Morgan fingerprint density at radius 1 is 1.03 bits per heavy atom. The Labute approximate surface area is 202 Å². The lowest BCUT2D eigenvalue weighted by molar-refractivity contribution is -0.384. The highest BCUT2D eigenvalue weighted by Gasteiger charge is 2.32. The molecule has 5 rings (SSSR count). The molecule has 0 N–H and O–H groups in total. The van der Waals surface area contributed by atoms with Gasteiger partial charge in [0.15, 0.2) is 0 Å². The molecule has 1 amide bonds. The number of carbonyl (C=O) groups is 1. The summed E-state index contributed by atoms with van der Waals surface area (Å²) in [7, 11) is 0. The van der Waals surface area contributed by atoms with Crippen LogP contribution in [0, 0.1) is 29.9 Å². The van der Waals surface area contributed by atoms with Crippen LogP contribution in [0.25, 0.3) is 10.2 Å². The predicted octanol–water partition coefficient (Wildman–Crippen LogP) is 3.78. The van der Waals surface area contributed by atoms with E-state index in [2.05, 4.69) is 28.7 Å². The minimum absolute atomic E-state index is 0.0106. The van der Waals surface area contributed by atoms with Crippen LogP contribution in [0.2, 0.25) is 0 Å². The van der Waals surface area contributed by atoms with Crippen molar-refractivity contribution in [3.8, 4) is 0 Å². The second-order valence-electron chi connectivity index (χ2n) is 8.98. The number of fused-ring (bicyclic) bond motifs is 1. The van der Waals surface area contributed by atoms with Crippen LogP contribution in [0.1, 0.15) is 23.3 Å². The molecular formula is C24H28N6O3S. The van der Waals surface area contributed by atoms with Crippen molar-refractivity contribution in [1.82, 2.24) is 14.9 Å².